The van der Waals surface area contributed by atoms with E-state index in [0.717, 1.165) is 25.9 Å². The van der Waals surface area contributed by atoms with Crippen LogP contribution in [0.4, 0.5) is 0 Å². The first kappa shape index (κ1) is 14.5. The van der Waals surface area contributed by atoms with Gasteiger partial charge in [0.1, 0.15) is 5.69 Å². The molecule has 1 saturated heterocycles. The van der Waals surface area contributed by atoms with Gasteiger partial charge >= 0.3 is 0 Å². The Balaban J connectivity index is 1.93. The Hall–Kier alpha value is -0.870. The summed E-state index contributed by atoms with van der Waals surface area (Å²) in [5, 5.41) is 8.12. The second-order valence-electron chi connectivity index (χ2n) is 5.17. The average molecular weight is 284 g/mol. The first-order valence-electron chi connectivity index (χ1n) is 7.20. The van der Waals surface area contributed by atoms with Gasteiger partial charge in [0.2, 0.25) is 0 Å². The molecule has 0 spiro atoms. The molecule has 1 atom stereocenters. The van der Waals surface area contributed by atoms with Crippen LogP contribution < -0.4 is 5.32 Å². The molecule has 1 aliphatic heterocycles. The number of nitrogens with one attached hydrogen (secondary N) is 1. The fourth-order valence-electron chi connectivity index (χ4n) is 2.62. The van der Waals surface area contributed by atoms with E-state index in [9.17, 15) is 4.79 Å². The maximum Gasteiger partial charge on any atom is 0.182 e. The molecule has 0 amide bonds. The number of halogens is 1. The van der Waals surface area contributed by atoms with E-state index in [1.165, 1.54) is 19.3 Å². The molecule has 2 rings (SSSR count). The van der Waals surface area contributed by atoms with Crippen molar-refractivity contribution in [1.82, 2.24) is 15.1 Å². The highest BCUT2D eigenvalue weighted by atomic mass is 35.5. The van der Waals surface area contributed by atoms with Gasteiger partial charge in [-0.25, -0.2) is 0 Å². The smallest absolute Gasteiger partial charge is 0.182 e. The molecule has 106 valence electrons. The Morgan fingerprint density at radius 1 is 1.58 bits per heavy atom. The van der Waals surface area contributed by atoms with Gasteiger partial charge in [-0.2, -0.15) is 5.10 Å². The Bertz CT molecular complexity index is 424. The van der Waals surface area contributed by atoms with Crippen LogP contribution in [0, 0.1) is 0 Å². The minimum Gasteiger partial charge on any atom is -0.314 e. The number of hydrogen-bond donors (Lipinski definition) is 1. The quantitative estimate of drug-likeness (QED) is 0.816. The third-order valence-electron chi connectivity index (χ3n) is 3.63. The Labute approximate surface area is 119 Å². The number of aryl methyl sites for hydroxylation is 1. The number of Topliss-reactive ketones (excluding diaryl/α,β-unsaturated/α-hetero) is 1. The lowest BCUT2D eigenvalue weighted by Gasteiger charge is -2.23. The molecule has 1 aromatic heterocycles. The van der Waals surface area contributed by atoms with Crippen molar-refractivity contribution >= 4 is 17.4 Å². The Kier molecular flexibility index (Phi) is 5.40. The summed E-state index contributed by atoms with van der Waals surface area (Å²) in [6, 6.07) is 0.485. The van der Waals surface area contributed by atoms with Gasteiger partial charge in [0.05, 0.1) is 11.2 Å². The SMILES string of the molecule is CCCn1ncc(Cl)c1C(=O)CCC1CCCCN1. The van der Waals surface area contributed by atoms with Crippen molar-refractivity contribution < 1.29 is 4.79 Å². The molecule has 19 heavy (non-hydrogen) atoms. The number of nitrogens with zero attached hydrogens (tertiary/aromatic N) is 2. The molecule has 1 aliphatic rings. The summed E-state index contributed by atoms with van der Waals surface area (Å²) in [5.74, 6) is 0.114. The molecule has 5 heteroatoms. The zero-order valence-corrected chi connectivity index (χ0v) is 12.2. The molecule has 0 radical (unpaired) electrons. The van der Waals surface area contributed by atoms with E-state index in [2.05, 4.69) is 17.3 Å². The van der Waals surface area contributed by atoms with Crippen LogP contribution in [-0.2, 0) is 6.54 Å². The van der Waals surface area contributed by atoms with Crippen LogP contribution in [0.2, 0.25) is 5.02 Å². The van der Waals surface area contributed by atoms with Gasteiger partial charge in [0, 0.05) is 19.0 Å². The molecular formula is C14H22ClN3O. The summed E-state index contributed by atoms with van der Waals surface area (Å²) in [4.78, 5) is 12.3. The molecule has 0 aromatic carbocycles. The number of piperidine rings is 1. The van der Waals surface area contributed by atoms with Crippen LogP contribution in [0.25, 0.3) is 0 Å². The lowest BCUT2D eigenvalue weighted by atomic mass is 9.99. The molecule has 0 bridgehead atoms. The minimum absolute atomic E-state index is 0.114. The molecule has 1 N–H and O–H groups in total. The van der Waals surface area contributed by atoms with Gasteiger partial charge in [-0.1, -0.05) is 24.9 Å². The monoisotopic (exact) mass is 283 g/mol. The molecule has 0 saturated carbocycles. The van der Waals surface area contributed by atoms with E-state index >= 15 is 0 Å². The highest BCUT2D eigenvalue weighted by Crippen LogP contribution is 2.20. The van der Waals surface area contributed by atoms with Crippen molar-refractivity contribution in [3.05, 3.63) is 16.9 Å². The number of aromatic nitrogens is 2. The second kappa shape index (κ2) is 7.06. The minimum atomic E-state index is 0.114. The summed E-state index contributed by atoms with van der Waals surface area (Å²) in [5.41, 5.74) is 0.583. The molecule has 1 fully saturated rings. The summed E-state index contributed by atoms with van der Waals surface area (Å²) >= 11 is 6.08. The van der Waals surface area contributed by atoms with Crippen LogP contribution >= 0.6 is 11.6 Å². The van der Waals surface area contributed by atoms with Gasteiger partial charge in [0.15, 0.2) is 5.78 Å². The third kappa shape index (κ3) is 3.80. The van der Waals surface area contributed by atoms with Crippen LogP contribution in [0.1, 0.15) is 55.9 Å². The van der Waals surface area contributed by atoms with Crippen LogP contribution in [0.3, 0.4) is 0 Å². The van der Waals surface area contributed by atoms with Crippen molar-refractivity contribution in [3.63, 3.8) is 0 Å². The zero-order chi connectivity index (χ0) is 13.7. The van der Waals surface area contributed by atoms with Crippen molar-refractivity contribution in [2.75, 3.05) is 6.54 Å². The second-order valence-corrected chi connectivity index (χ2v) is 5.58. The van der Waals surface area contributed by atoms with E-state index in [1.807, 2.05) is 0 Å². The van der Waals surface area contributed by atoms with Gasteiger partial charge in [-0.05, 0) is 32.2 Å². The predicted molar refractivity (Wildman–Crippen MR) is 76.7 cm³/mol. The van der Waals surface area contributed by atoms with E-state index < -0.39 is 0 Å². The normalized spacial score (nSPS) is 19.6. The van der Waals surface area contributed by atoms with Gasteiger partial charge in [-0.15, -0.1) is 0 Å². The van der Waals surface area contributed by atoms with E-state index in [1.54, 1.807) is 10.9 Å². The van der Waals surface area contributed by atoms with Crippen LogP contribution in [0.15, 0.2) is 6.20 Å². The average Bonchev–Trinajstić information content (AvgIpc) is 2.79. The van der Waals surface area contributed by atoms with Crippen molar-refractivity contribution in [1.29, 1.82) is 0 Å². The van der Waals surface area contributed by atoms with E-state index in [-0.39, 0.29) is 5.78 Å². The summed E-state index contributed by atoms with van der Waals surface area (Å²) in [7, 11) is 0. The largest absolute Gasteiger partial charge is 0.314 e. The van der Waals surface area contributed by atoms with Gasteiger partial charge in [0.25, 0.3) is 0 Å². The van der Waals surface area contributed by atoms with Crippen molar-refractivity contribution in [3.8, 4) is 0 Å². The number of hydrogen-bond acceptors (Lipinski definition) is 3. The lowest BCUT2D eigenvalue weighted by Crippen LogP contribution is -2.34. The molecule has 0 aliphatic carbocycles. The molecule has 1 unspecified atom stereocenters. The molecule has 4 nitrogen and oxygen atoms in total. The molecule has 2 heterocycles. The van der Waals surface area contributed by atoms with Gasteiger partial charge in [-0.3, -0.25) is 9.48 Å². The maximum atomic E-state index is 12.3. The maximum absolute atomic E-state index is 12.3. The first-order chi connectivity index (χ1) is 9.22. The first-order valence-corrected chi connectivity index (χ1v) is 7.58. The summed E-state index contributed by atoms with van der Waals surface area (Å²) in [6.07, 6.45) is 7.65. The lowest BCUT2D eigenvalue weighted by molar-refractivity contribution is 0.0963. The highest BCUT2D eigenvalue weighted by molar-refractivity contribution is 6.33. The Morgan fingerprint density at radius 3 is 3.11 bits per heavy atom. The summed E-state index contributed by atoms with van der Waals surface area (Å²) in [6.45, 7) is 3.89. The van der Waals surface area contributed by atoms with E-state index in [0.29, 0.717) is 23.2 Å². The van der Waals surface area contributed by atoms with Crippen molar-refractivity contribution in [2.45, 2.75) is 58.0 Å². The number of carbonyl (C=O) groups excluding carboxylic acids is 1. The van der Waals surface area contributed by atoms with Crippen molar-refractivity contribution in [2.24, 2.45) is 0 Å². The topological polar surface area (TPSA) is 46.9 Å². The molecule has 1 aromatic rings. The predicted octanol–water partition coefficient (Wildman–Crippen LogP) is 3.05. The van der Waals surface area contributed by atoms with Gasteiger partial charge < -0.3 is 5.32 Å². The standard InChI is InChI=1S/C14H22ClN3O/c1-2-9-18-14(12(15)10-17-18)13(19)7-6-11-5-3-4-8-16-11/h10-11,16H,2-9H2,1H3. The van der Waals surface area contributed by atoms with E-state index in [4.69, 9.17) is 11.6 Å². The van der Waals surface area contributed by atoms with Crippen LogP contribution in [-0.4, -0.2) is 28.2 Å². The Morgan fingerprint density at radius 2 is 2.42 bits per heavy atom. The molecular weight excluding hydrogens is 262 g/mol. The highest BCUT2D eigenvalue weighted by Gasteiger charge is 2.19. The fraction of sp³-hybridized carbons (Fsp3) is 0.714. The third-order valence-corrected chi connectivity index (χ3v) is 3.90. The zero-order valence-electron chi connectivity index (χ0n) is 11.5. The summed E-state index contributed by atoms with van der Waals surface area (Å²) < 4.78 is 1.74. The number of rotatable bonds is 6. The number of ketones is 1. The number of carbonyl (C=O) groups is 1. The fourth-order valence-corrected chi connectivity index (χ4v) is 2.86. The van der Waals surface area contributed by atoms with Crippen LogP contribution in [0.5, 0.6) is 0 Å².